The smallest absolute Gasteiger partial charge is 0.177 e. The van der Waals surface area contributed by atoms with Gasteiger partial charge in [0, 0.05) is 19.4 Å². The summed E-state index contributed by atoms with van der Waals surface area (Å²) in [7, 11) is 0. The molecule has 1 aromatic heterocycles. The first-order chi connectivity index (χ1) is 8.02. The molecule has 0 saturated heterocycles. The van der Waals surface area contributed by atoms with E-state index in [1.54, 1.807) is 13.1 Å². The topological polar surface area (TPSA) is 34.9 Å². The average Bonchev–Trinajstić information content (AvgIpc) is 2.71. The highest BCUT2D eigenvalue weighted by Gasteiger charge is 2.21. The Labute approximate surface area is 104 Å². The Balaban J connectivity index is 3.08. The molecule has 3 heteroatoms. The number of carbonyl (C=O) groups is 1. The molecule has 1 aromatic rings. The fraction of sp³-hybridized carbons (Fsp3) is 0.714. The van der Waals surface area contributed by atoms with Gasteiger partial charge in [0.1, 0.15) is 11.5 Å². The molecule has 0 aliphatic heterocycles. The quantitative estimate of drug-likeness (QED) is 0.707. The number of imidazole rings is 1. The summed E-state index contributed by atoms with van der Waals surface area (Å²) in [6.45, 7) is 10.3. The molecule has 0 amide bonds. The van der Waals surface area contributed by atoms with Crippen molar-refractivity contribution in [3.63, 3.8) is 0 Å². The van der Waals surface area contributed by atoms with Crippen LogP contribution in [0, 0.1) is 5.92 Å². The zero-order chi connectivity index (χ0) is 13.0. The highest BCUT2D eigenvalue weighted by molar-refractivity contribution is 5.92. The Morgan fingerprint density at radius 3 is 2.53 bits per heavy atom. The van der Waals surface area contributed by atoms with Crippen molar-refractivity contribution in [3.05, 3.63) is 17.7 Å². The lowest BCUT2D eigenvalue weighted by Gasteiger charge is -2.24. The third-order valence-corrected chi connectivity index (χ3v) is 3.53. The lowest BCUT2D eigenvalue weighted by Crippen LogP contribution is -2.20. The van der Waals surface area contributed by atoms with E-state index in [1.807, 2.05) is 0 Å². The Kier molecular flexibility index (Phi) is 4.91. The van der Waals surface area contributed by atoms with Crippen molar-refractivity contribution in [1.29, 1.82) is 0 Å². The standard InChI is InChI=1S/C14H24N2O/c1-6-8-10(3)11(4)16-13(12(5)17)9-15-14(16)7-2/h9-11H,6-8H2,1-5H3. The van der Waals surface area contributed by atoms with Gasteiger partial charge in [-0.25, -0.2) is 4.98 Å². The maximum Gasteiger partial charge on any atom is 0.177 e. The Morgan fingerprint density at radius 2 is 2.06 bits per heavy atom. The SMILES string of the molecule is CCCC(C)C(C)n1c(C(C)=O)cnc1CC. The third kappa shape index (κ3) is 2.96. The molecular formula is C14H24N2O. The van der Waals surface area contributed by atoms with Gasteiger partial charge in [-0.2, -0.15) is 0 Å². The van der Waals surface area contributed by atoms with Gasteiger partial charge in [0.05, 0.1) is 6.20 Å². The number of ketones is 1. The minimum Gasteiger partial charge on any atom is -0.323 e. The molecule has 0 aromatic carbocycles. The summed E-state index contributed by atoms with van der Waals surface area (Å²) in [6.07, 6.45) is 4.95. The zero-order valence-corrected chi connectivity index (χ0v) is 11.7. The maximum atomic E-state index is 11.6. The van der Waals surface area contributed by atoms with E-state index < -0.39 is 0 Å². The van der Waals surface area contributed by atoms with E-state index >= 15 is 0 Å². The average molecular weight is 236 g/mol. The predicted octanol–water partition coefficient (Wildman–Crippen LogP) is 3.65. The normalized spacial score (nSPS) is 14.6. The monoisotopic (exact) mass is 236 g/mol. The van der Waals surface area contributed by atoms with Crippen LogP contribution in [-0.2, 0) is 6.42 Å². The Morgan fingerprint density at radius 1 is 1.41 bits per heavy atom. The summed E-state index contributed by atoms with van der Waals surface area (Å²) in [4.78, 5) is 16.0. The van der Waals surface area contributed by atoms with Crippen molar-refractivity contribution in [3.8, 4) is 0 Å². The first-order valence-corrected chi connectivity index (χ1v) is 6.59. The number of hydrogen-bond donors (Lipinski definition) is 0. The maximum absolute atomic E-state index is 11.6. The van der Waals surface area contributed by atoms with Gasteiger partial charge in [-0.05, 0) is 19.3 Å². The second-order valence-electron chi connectivity index (χ2n) is 4.85. The lowest BCUT2D eigenvalue weighted by atomic mass is 9.97. The number of aromatic nitrogens is 2. The van der Waals surface area contributed by atoms with Crippen LogP contribution in [0.1, 0.15) is 69.8 Å². The highest BCUT2D eigenvalue weighted by Crippen LogP contribution is 2.25. The van der Waals surface area contributed by atoms with E-state index in [9.17, 15) is 4.79 Å². The van der Waals surface area contributed by atoms with E-state index in [2.05, 4.69) is 37.2 Å². The van der Waals surface area contributed by atoms with Crippen LogP contribution >= 0.6 is 0 Å². The molecule has 0 bridgehead atoms. The number of nitrogens with zero attached hydrogens (tertiary/aromatic N) is 2. The fourth-order valence-electron chi connectivity index (χ4n) is 2.33. The van der Waals surface area contributed by atoms with Gasteiger partial charge >= 0.3 is 0 Å². The number of hydrogen-bond acceptors (Lipinski definition) is 2. The summed E-state index contributed by atoms with van der Waals surface area (Å²) in [5.74, 6) is 1.69. The first kappa shape index (κ1) is 13.9. The van der Waals surface area contributed by atoms with Crippen molar-refractivity contribution < 1.29 is 4.79 Å². The van der Waals surface area contributed by atoms with Gasteiger partial charge in [0.15, 0.2) is 5.78 Å². The molecule has 0 spiro atoms. The third-order valence-electron chi connectivity index (χ3n) is 3.53. The van der Waals surface area contributed by atoms with Gasteiger partial charge in [0.2, 0.25) is 0 Å². The number of rotatable bonds is 6. The second kappa shape index (κ2) is 5.99. The molecule has 1 heterocycles. The second-order valence-corrected chi connectivity index (χ2v) is 4.85. The van der Waals surface area contributed by atoms with Crippen molar-refractivity contribution in [1.82, 2.24) is 9.55 Å². The van der Waals surface area contributed by atoms with E-state index in [-0.39, 0.29) is 5.78 Å². The summed E-state index contributed by atoms with van der Waals surface area (Å²) >= 11 is 0. The molecule has 0 saturated carbocycles. The Hall–Kier alpha value is -1.12. The molecule has 0 N–H and O–H groups in total. The number of aryl methyl sites for hydroxylation is 1. The summed E-state index contributed by atoms with van der Waals surface area (Å²) < 4.78 is 2.13. The molecule has 3 nitrogen and oxygen atoms in total. The van der Waals surface area contributed by atoms with Crippen LogP contribution in [0.2, 0.25) is 0 Å². The highest BCUT2D eigenvalue weighted by atomic mass is 16.1. The van der Waals surface area contributed by atoms with Crippen LogP contribution in [0.3, 0.4) is 0 Å². The van der Waals surface area contributed by atoms with Crippen LogP contribution < -0.4 is 0 Å². The van der Waals surface area contributed by atoms with E-state index in [1.165, 1.54) is 12.8 Å². The predicted molar refractivity (Wildman–Crippen MR) is 70.4 cm³/mol. The van der Waals surface area contributed by atoms with Crippen LogP contribution in [0.4, 0.5) is 0 Å². The van der Waals surface area contributed by atoms with Gasteiger partial charge in [-0.3, -0.25) is 4.79 Å². The zero-order valence-electron chi connectivity index (χ0n) is 11.7. The molecule has 1 rings (SSSR count). The molecule has 2 atom stereocenters. The van der Waals surface area contributed by atoms with E-state index in [0.29, 0.717) is 12.0 Å². The van der Waals surface area contributed by atoms with Gasteiger partial charge in [-0.1, -0.05) is 27.2 Å². The fourth-order valence-corrected chi connectivity index (χ4v) is 2.33. The molecule has 0 radical (unpaired) electrons. The summed E-state index contributed by atoms with van der Waals surface area (Å²) in [5, 5.41) is 0. The molecule has 0 aliphatic rings. The first-order valence-electron chi connectivity index (χ1n) is 6.59. The molecule has 96 valence electrons. The van der Waals surface area contributed by atoms with Crippen LogP contribution in [0.25, 0.3) is 0 Å². The number of Topliss-reactive ketones (excluding diaryl/α,β-unsaturated/α-hetero) is 1. The molecule has 17 heavy (non-hydrogen) atoms. The molecule has 0 aliphatic carbocycles. The van der Waals surface area contributed by atoms with Crippen LogP contribution in [0.15, 0.2) is 6.20 Å². The molecule has 0 fully saturated rings. The van der Waals surface area contributed by atoms with Crippen molar-refractivity contribution in [2.24, 2.45) is 5.92 Å². The van der Waals surface area contributed by atoms with Gasteiger partial charge < -0.3 is 4.57 Å². The van der Waals surface area contributed by atoms with Crippen molar-refractivity contribution in [2.45, 2.75) is 59.9 Å². The summed E-state index contributed by atoms with van der Waals surface area (Å²) in [5.41, 5.74) is 0.748. The number of carbonyl (C=O) groups excluding carboxylic acids is 1. The minimum atomic E-state index is 0.104. The Bertz CT molecular complexity index is 382. The van der Waals surface area contributed by atoms with Gasteiger partial charge in [0.25, 0.3) is 0 Å². The van der Waals surface area contributed by atoms with E-state index in [0.717, 1.165) is 17.9 Å². The van der Waals surface area contributed by atoms with Crippen LogP contribution in [-0.4, -0.2) is 15.3 Å². The van der Waals surface area contributed by atoms with Crippen LogP contribution in [0.5, 0.6) is 0 Å². The molecule has 2 unspecified atom stereocenters. The van der Waals surface area contributed by atoms with Crippen molar-refractivity contribution >= 4 is 5.78 Å². The van der Waals surface area contributed by atoms with E-state index in [4.69, 9.17) is 0 Å². The summed E-state index contributed by atoms with van der Waals surface area (Å²) in [6, 6.07) is 0.339. The van der Waals surface area contributed by atoms with Gasteiger partial charge in [-0.15, -0.1) is 0 Å². The van der Waals surface area contributed by atoms with Crippen molar-refractivity contribution in [2.75, 3.05) is 0 Å². The lowest BCUT2D eigenvalue weighted by molar-refractivity contribution is 0.100. The largest absolute Gasteiger partial charge is 0.323 e. The molecular weight excluding hydrogens is 212 g/mol. The minimum absolute atomic E-state index is 0.104.